The van der Waals surface area contributed by atoms with Gasteiger partial charge in [-0.05, 0) is 168 Å². The predicted octanol–water partition coefficient (Wildman–Crippen LogP) is -6.91. The Morgan fingerprint density at radius 1 is 0.250 bits per heavy atom. The molecule has 0 aliphatic carbocycles. The van der Waals surface area contributed by atoms with Gasteiger partial charge in [-0.3, -0.25) is 17.9 Å². The van der Waals surface area contributed by atoms with Crippen molar-refractivity contribution in [2.75, 3.05) is 84.6 Å². The maximum absolute atomic E-state index is 8.49. The van der Waals surface area contributed by atoms with E-state index in [4.69, 9.17) is 84.5 Å². The Balaban J connectivity index is 0.000000558. The van der Waals surface area contributed by atoms with Crippen LogP contribution in [0.25, 0.3) is 90.9 Å². The smallest absolute Gasteiger partial charge is 0.132 e. The van der Waals surface area contributed by atoms with Crippen molar-refractivity contribution in [3.05, 3.63) is 144 Å². The zero-order valence-electron chi connectivity index (χ0n) is 47.6. The number of benzene rings is 4. The summed E-state index contributed by atoms with van der Waals surface area (Å²) in [6, 6.07) is 44.5. The van der Waals surface area contributed by atoms with Crippen LogP contribution in [0.15, 0.2) is 121 Å². The van der Waals surface area contributed by atoms with Crippen LogP contribution in [0.5, 0.6) is 0 Å². The van der Waals surface area contributed by atoms with Gasteiger partial charge in [-0.15, -0.1) is 41.0 Å². The van der Waals surface area contributed by atoms with Crippen LogP contribution >= 0.6 is 0 Å². The van der Waals surface area contributed by atoms with Crippen molar-refractivity contribution in [2.45, 2.75) is 0 Å². The van der Waals surface area contributed by atoms with Gasteiger partial charge in [-0.2, -0.15) is 0 Å². The normalized spacial score (nSPS) is 12.9. The Bertz CT molecular complexity index is 3130. The molecule has 3 aromatic heterocycles. The van der Waals surface area contributed by atoms with Crippen LogP contribution in [0, 0.1) is 41.0 Å². The zero-order chi connectivity index (χ0) is 63.3. The Labute approximate surface area is 493 Å². The fourth-order valence-electron chi connectivity index (χ4n) is 8.72. The number of hydrogen-bond acceptors (Lipinski definition) is 18. The quantitative estimate of drug-likeness (QED) is 0.134. The molecule has 24 nitrogen and oxygen atoms in total. The third kappa shape index (κ3) is 21.1. The number of hydrogen-bond donors (Lipinski definition) is 2. The van der Waals surface area contributed by atoms with Gasteiger partial charge in [-0.25, -0.2) is 84.5 Å². The molecular formula is C56H62Cl4N8O16. The molecule has 2 aliphatic rings. The molecule has 450 valence electrons. The van der Waals surface area contributed by atoms with Gasteiger partial charge in [0.25, 0.3) is 0 Å². The Morgan fingerprint density at radius 3 is 0.524 bits per heavy atom. The van der Waals surface area contributed by atoms with Crippen molar-refractivity contribution >= 4 is 69.1 Å². The van der Waals surface area contributed by atoms with E-state index in [9.17, 15) is 0 Å². The van der Waals surface area contributed by atoms with Crippen molar-refractivity contribution in [1.29, 1.82) is 0 Å². The number of quaternary nitrogens is 4. The Morgan fingerprint density at radius 2 is 0.393 bits per heavy atom. The van der Waals surface area contributed by atoms with E-state index in [1.165, 1.54) is 22.7 Å². The second-order valence-electron chi connectivity index (χ2n) is 22.3. The van der Waals surface area contributed by atoms with E-state index >= 15 is 0 Å². The fourth-order valence-corrected chi connectivity index (χ4v) is 8.72. The Hall–Kier alpha value is -6.16. The van der Waals surface area contributed by atoms with Crippen LogP contribution in [-0.4, -0.2) is 105 Å². The molecule has 0 spiro atoms. The first-order valence-electron chi connectivity index (χ1n) is 24.6. The predicted molar refractivity (Wildman–Crippen MR) is 279 cm³/mol. The van der Waals surface area contributed by atoms with Crippen LogP contribution in [0.3, 0.4) is 0 Å². The molecule has 2 aliphatic heterocycles. The number of aromatic nitrogens is 4. The van der Waals surface area contributed by atoms with Gasteiger partial charge in [0.2, 0.25) is 0 Å². The van der Waals surface area contributed by atoms with Gasteiger partial charge in [0, 0.05) is 44.3 Å². The number of aromatic amines is 2. The van der Waals surface area contributed by atoms with E-state index in [1.54, 1.807) is 0 Å². The molecule has 0 saturated carbocycles. The third-order valence-electron chi connectivity index (χ3n) is 12.5. The topological polar surface area (TPSA) is 426 Å². The number of rotatable bonds is 8. The highest BCUT2D eigenvalue weighted by molar-refractivity contribution is 6.00. The fraction of sp³-hybridized carbons (Fsp3) is 0.214. The van der Waals surface area contributed by atoms with Gasteiger partial charge in [-0.1, -0.05) is 0 Å². The molecule has 0 amide bonds. The summed E-state index contributed by atoms with van der Waals surface area (Å²) >= 11 is 0. The second kappa shape index (κ2) is 26.2. The second-order valence-corrected chi connectivity index (χ2v) is 25.3. The molecule has 0 saturated heterocycles. The summed E-state index contributed by atoms with van der Waals surface area (Å²) in [6.07, 6.45) is 8.69. The molecule has 84 heavy (non-hydrogen) atoms. The molecule has 8 bridgehead atoms. The standard InChI is InChI=1S/C56H62N8.4ClHO4/c1-61(2,3)41-21-13-37(14-22-41)53-45-29-31-47(57-45)54(38-15-23-42(24-16-38)62(4,5)6)49-33-35-51(59-49)56(40-19-27-44(28-20-40)64(10,11)12)52-36-34-50(60-52)55(48-32-30-46(53)58-48)39-17-25-43(26-18-39)63(7,8)9;4*2-1(3,4)5/h13-36,57,60H,1-12H3;4*(H,2,3,4,5)/q+4;;;;/p-4. The average Bonchev–Trinajstić information content (AvgIpc) is 3.09. The van der Waals surface area contributed by atoms with E-state index in [1.807, 2.05) is 0 Å². The summed E-state index contributed by atoms with van der Waals surface area (Å²) in [4.78, 5) is 18.9. The van der Waals surface area contributed by atoms with Crippen molar-refractivity contribution < 1.29 is 116 Å². The van der Waals surface area contributed by atoms with E-state index in [-0.39, 0.29) is 0 Å². The minimum atomic E-state index is -4.94. The average molecular weight is 1240 g/mol. The molecular weight excluding hydrogens is 1180 g/mol. The maximum atomic E-state index is 8.49. The number of fused-ring (bicyclic) bond motifs is 8. The minimum Gasteiger partial charge on any atom is -0.354 e. The highest BCUT2D eigenvalue weighted by atomic mass is 35.7. The number of halogens is 4. The van der Waals surface area contributed by atoms with Gasteiger partial charge >= 0.3 is 0 Å². The molecule has 7 aromatic rings. The lowest BCUT2D eigenvalue weighted by Crippen LogP contribution is -2.68. The molecule has 0 unspecified atom stereocenters. The molecule has 0 fully saturated rings. The van der Waals surface area contributed by atoms with E-state index in [0.717, 1.165) is 107 Å². The van der Waals surface area contributed by atoms with Crippen molar-refractivity contribution in [1.82, 2.24) is 37.9 Å². The number of nitrogens with one attached hydrogen (secondary N) is 2. The summed E-state index contributed by atoms with van der Waals surface area (Å²) in [6.45, 7) is 0. The van der Waals surface area contributed by atoms with Crippen molar-refractivity contribution in [3.8, 4) is 44.5 Å². The Kier molecular flexibility index (Phi) is 21.4. The minimum absolute atomic E-state index is 0.727. The first-order valence-corrected chi connectivity index (χ1v) is 29.5. The lowest BCUT2D eigenvalue weighted by atomic mass is 10.0. The van der Waals surface area contributed by atoms with E-state index in [2.05, 4.69) is 240 Å². The van der Waals surface area contributed by atoms with Gasteiger partial charge in [0.1, 0.15) is 22.7 Å². The lowest BCUT2D eigenvalue weighted by molar-refractivity contribution is -2.00. The molecule has 5 heterocycles. The molecule has 4 aromatic carbocycles. The van der Waals surface area contributed by atoms with Gasteiger partial charge in [0.15, 0.2) is 0 Å². The van der Waals surface area contributed by atoms with E-state index in [0.29, 0.717) is 0 Å². The summed E-state index contributed by atoms with van der Waals surface area (Å²) in [5, 5.41) is 0. The molecule has 0 radical (unpaired) electrons. The van der Waals surface area contributed by atoms with Crippen molar-refractivity contribution in [3.63, 3.8) is 0 Å². The van der Waals surface area contributed by atoms with Crippen LogP contribution in [0.4, 0.5) is 22.7 Å². The first-order chi connectivity index (χ1) is 38.2. The molecule has 0 atom stereocenters. The maximum Gasteiger partial charge on any atom is 0.132 e. The summed E-state index contributed by atoms with van der Waals surface area (Å²) in [7, 11) is 6.60. The van der Waals surface area contributed by atoms with Crippen LogP contribution in [-0.2, 0) is 0 Å². The summed E-state index contributed by atoms with van der Waals surface area (Å²) in [5.74, 6) is 0. The summed E-state index contributed by atoms with van der Waals surface area (Å²) in [5.41, 5.74) is 20.9. The number of nitrogens with zero attached hydrogens (tertiary/aromatic N) is 6. The highest BCUT2D eigenvalue weighted by Gasteiger charge is 2.22. The first kappa shape index (κ1) is 68.6. The van der Waals surface area contributed by atoms with E-state index < -0.39 is 41.0 Å². The SMILES string of the molecule is C[N+](C)(C)c1ccc(-c2c3nc(c(-c4ccc([N+](C)(C)C)cc4)c4ccc([nH]4)c(-c4ccc([N+](C)(C)C)cc4)c4nc(c(-c5ccc([N+](C)(C)C)cc5)c5ccc2[nH]5)C=C4)C=C3)cc1.[O-][Cl+3]([O-])([O-])[O-].[O-][Cl+3]([O-])([O-])[O-].[O-][Cl+3]([O-])([O-])[O-].[O-][Cl+3]([O-])([O-])[O-]. The molecule has 2 N–H and O–H groups in total. The molecule has 28 heteroatoms. The van der Waals surface area contributed by atoms with Crippen LogP contribution in [0.1, 0.15) is 22.8 Å². The van der Waals surface area contributed by atoms with Crippen molar-refractivity contribution in [2.24, 2.45) is 0 Å². The largest absolute Gasteiger partial charge is 0.354 e. The summed E-state index contributed by atoms with van der Waals surface area (Å²) < 4.78 is 139. The van der Waals surface area contributed by atoms with Gasteiger partial charge in [0.05, 0.1) is 107 Å². The number of H-pyrrole nitrogens is 2. The third-order valence-corrected chi connectivity index (χ3v) is 12.5. The zero-order valence-corrected chi connectivity index (χ0v) is 50.6. The highest BCUT2D eigenvalue weighted by Crippen LogP contribution is 2.40. The van der Waals surface area contributed by atoms with Gasteiger partial charge < -0.3 is 9.97 Å². The van der Waals surface area contributed by atoms with Crippen LogP contribution < -0.4 is 92.5 Å². The van der Waals surface area contributed by atoms with Crippen LogP contribution in [0.2, 0.25) is 0 Å². The monoisotopic (exact) mass is 1240 g/mol. The molecule has 9 rings (SSSR count). The lowest BCUT2D eigenvalue weighted by Gasteiger charge is -2.23.